The molecule has 1 aromatic carbocycles. The Morgan fingerprint density at radius 2 is 2.24 bits per heavy atom. The molecule has 0 unspecified atom stereocenters. The Labute approximate surface area is 121 Å². The number of nitro benzene ring substituents is 1. The zero-order valence-electron chi connectivity index (χ0n) is 11.7. The van der Waals surface area contributed by atoms with Crippen LogP contribution in [0.15, 0.2) is 41.5 Å². The van der Waals surface area contributed by atoms with Gasteiger partial charge in [0.05, 0.1) is 4.92 Å². The summed E-state index contributed by atoms with van der Waals surface area (Å²) in [5.41, 5.74) is 0.555. The molecule has 7 heteroatoms. The van der Waals surface area contributed by atoms with Crippen molar-refractivity contribution in [3.63, 3.8) is 0 Å². The van der Waals surface area contributed by atoms with Crippen LogP contribution in [0.2, 0.25) is 0 Å². The number of anilines is 1. The van der Waals surface area contributed by atoms with E-state index in [4.69, 9.17) is 0 Å². The van der Waals surface area contributed by atoms with Crippen molar-refractivity contribution in [2.45, 2.75) is 26.4 Å². The average molecular weight is 288 g/mol. The maximum Gasteiger partial charge on any atom is 0.293 e. The summed E-state index contributed by atoms with van der Waals surface area (Å²) < 4.78 is 1.59. The lowest BCUT2D eigenvalue weighted by Gasteiger charge is -2.08. The van der Waals surface area contributed by atoms with Crippen molar-refractivity contribution in [3.05, 3.63) is 62.7 Å². The fourth-order valence-electron chi connectivity index (χ4n) is 1.95. The standard InChI is InChI=1S/C14H16N4O3/c1-2-7-17-8-6-15-13(14(17)19)16-10-11-4-3-5-12(9-11)18(20)21/h3-6,8-9H,2,7,10H2,1H3,(H,15,16). The van der Waals surface area contributed by atoms with Crippen molar-refractivity contribution in [1.29, 1.82) is 0 Å². The molecule has 7 nitrogen and oxygen atoms in total. The highest BCUT2D eigenvalue weighted by Gasteiger charge is 2.07. The van der Waals surface area contributed by atoms with Crippen LogP contribution < -0.4 is 10.9 Å². The first-order valence-electron chi connectivity index (χ1n) is 6.64. The van der Waals surface area contributed by atoms with E-state index in [-0.39, 0.29) is 17.1 Å². The smallest absolute Gasteiger partial charge is 0.293 e. The van der Waals surface area contributed by atoms with Gasteiger partial charge in [-0.2, -0.15) is 0 Å². The predicted octanol–water partition coefficient (Wildman–Crippen LogP) is 2.17. The lowest BCUT2D eigenvalue weighted by Crippen LogP contribution is -2.24. The molecule has 1 aromatic heterocycles. The second-order valence-electron chi connectivity index (χ2n) is 4.55. The first-order valence-corrected chi connectivity index (χ1v) is 6.64. The molecule has 0 saturated heterocycles. The Hall–Kier alpha value is -2.70. The Morgan fingerprint density at radius 3 is 2.95 bits per heavy atom. The van der Waals surface area contributed by atoms with Crippen molar-refractivity contribution >= 4 is 11.5 Å². The van der Waals surface area contributed by atoms with Crippen LogP contribution in [-0.4, -0.2) is 14.5 Å². The van der Waals surface area contributed by atoms with Gasteiger partial charge in [-0.25, -0.2) is 4.98 Å². The van der Waals surface area contributed by atoms with Crippen molar-refractivity contribution in [2.24, 2.45) is 0 Å². The fourth-order valence-corrected chi connectivity index (χ4v) is 1.95. The van der Waals surface area contributed by atoms with Gasteiger partial charge in [0.25, 0.3) is 11.2 Å². The van der Waals surface area contributed by atoms with Gasteiger partial charge in [0.15, 0.2) is 5.82 Å². The zero-order chi connectivity index (χ0) is 15.2. The summed E-state index contributed by atoms with van der Waals surface area (Å²) in [6.45, 7) is 2.93. The Morgan fingerprint density at radius 1 is 1.43 bits per heavy atom. The van der Waals surface area contributed by atoms with E-state index in [1.54, 1.807) is 29.1 Å². The molecule has 0 radical (unpaired) electrons. The average Bonchev–Trinajstić information content (AvgIpc) is 2.48. The van der Waals surface area contributed by atoms with Gasteiger partial charge >= 0.3 is 0 Å². The van der Waals surface area contributed by atoms with Gasteiger partial charge in [0.2, 0.25) is 0 Å². The Balaban J connectivity index is 2.13. The lowest BCUT2D eigenvalue weighted by atomic mass is 10.2. The molecular formula is C14H16N4O3. The van der Waals surface area contributed by atoms with Crippen molar-refractivity contribution in [3.8, 4) is 0 Å². The normalized spacial score (nSPS) is 10.3. The number of aryl methyl sites for hydroxylation is 1. The predicted molar refractivity (Wildman–Crippen MR) is 79.2 cm³/mol. The molecule has 0 fully saturated rings. The fraction of sp³-hybridized carbons (Fsp3) is 0.286. The van der Waals surface area contributed by atoms with Crippen LogP contribution in [0.5, 0.6) is 0 Å². The van der Waals surface area contributed by atoms with Gasteiger partial charge < -0.3 is 9.88 Å². The van der Waals surface area contributed by atoms with E-state index in [1.165, 1.54) is 12.1 Å². The van der Waals surface area contributed by atoms with Crippen LogP contribution in [-0.2, 0) is 13.1 Å². The number of hydrogen-bond acceptors (Lipinski definition) is 5. The van der Waals surface area contributed by atoms with E-state index in [2.05, 4.69) is 10.3 Å². The number of rotatable bonds is 6. The second kappa shape index (κ2) is 6.65. The summed E-state index contributed by atoms with van der Waals surface area (Å²) in [6, 6.07) is 6.27. The third-order valence-corrected chi connectivity index (χ3v) is 2.96. The van der Waals surface area contributed by atoms with E-state index in [1.807, 2.05) is 6.92 Å². The number of benzene rings is 1. The zero-order valence-corrected chi connectivity index (χ0v) is 11.7. The maximum absolute atomic E-state index is 12.1. The van der Waals surface area contributed by atoms with Crippen LogP contribution in [0.3, 0.4) is 0 Å². The Bertz CT molecular complexity index is 697. The van der Waals surface area contributed by atoms with Gasteiger partial charge in [-0.15, -0.1) is 0 Å². The Kier molecular flexibility index (Phi) is 4.65. The van der Waals surface area contributed by atoms with E-state index in [0.29, 0.717) is 13.1 Å². The van der Waals surface area contributed by atoms with Crippen LogP contribution in [0.4, 0.5) is 11.5 Å². The highest BCUT2D eigenvalue weighted by molar-refractivity contribution is 5.38. The summed E-state index contributed by atoms with van der Waals surface area (Å²) >= 11 is 0. The molecule has 0 amide bonds. The van der Waals surface area contributed by atoms with E-state index >= 15 is 0 Å². The molecule has 0 atom stereocenters. The highest BCUT2D eigenvalue weighted by Crippen LogP contribution is 2.13. The molecule has 0 aliphatic carbocycles. The molecule has 21 heavy (non-hydrogen) atoms. The molecule has 0 spiro atoms. The van der Waals surface area contributed by atoms with Gasteiger partial charge in [0, 0.05) is 37.6 Å². The molecular weight excluding hydrogens is 272 g/mol. The number of aromatic nitrogens is 2. The SMILES string of the molecule is CCCn1ccnc(NCc2cccc([N+](=O)[O-])c2)c1=O. The van der Waals surface area contributed by atoms with Crippen LogP contribution in [0.1, 0.15) is 18.9 Å². The second-order valence-corrected chi connectivity index (χ2v) is 4.55. The molecule has 1 heterocycles. The van der Waals surface area contributed by atoms with E-state index in [9.17, 15) is 14.9 Å². The van der Waals surface area contributed by atoms with Crippen LogP contribution in [0.25, 0.3) is 0 Å². The third-order valence-electron chi connectivity index (χ3n) is 2.96. The number of hydrogen-bond donors (Lipinski definition) is 1. The van der Waals surface area contributed by atoms with Gasteiger partial charge in [-0.05, 0) is 12.0 Å². The van der Waals surface area contributed by atoms with Gasteiger partial charge in [-0.1, -0.05) is 19.1 Å². The molecule has 0 aliphatic rings. The molecule has 2 aromatic rings. The summed E-state index contributed by atoms with van der Waals surface area (Å²) in [6.07, 6.45) is 4.06. The molecule has 110 valence electrons. The third kappa shape index (κ3) is 3.65. The van der Waals surface area contributed by atoms with E-state index in [0.717, 1.165) is 12.0 Å². The minimum atomic E-state index is -0.446. The van der Waals surface area contributed by atoms with Crippen molar-refractivity contribution in [1.82, 2.24) is 9.55 Å². The summed E-state index contributed by atoms with van der Waals surface area (Å²) in [5, 5.41) is 13.6. The van der Waals surface area contributed by atoms with Crippen molar-refractivity contribution in [2.75, 3.05) is 5.32 Å². The van der Waals surface area contributed by atoms with Gasteiger partial charge in [0.1, 0.15) is 0 Å². The minimum Gasteiger partial charge on any atom is -0.361 e. The summed E-state index contributed by atoms with van der Waals surface area (Å²) in [5.74, 6) is 0.248. The first kappa shape index (κ1) is 14.7. The molecule has 0 bridgehead atoms. The monoisotopic (exact) mass is 288 g/mol. The topological polar surface area (TPSA) is 90.1 Å². The largest absolute Gasteiger partial charge is 0.361 e. The summed E-state index contributed by atoms with van der Waals surface area (Å²) in [4.78, 5) is 26.4. The quantitative estimate of drug-likeness (QED) is 0.650. The first-order chi connectivity index (χ1) is 10.1. The highest BCUT2D eigenvalue weighted by atomic mass is 16.6. The number of non-ortho nitro benzene ring substituents is 1. The van der Waals surface area contributed by atoms with Crippen LogP contribution in [0, 0.1) is 10.1 Å². The van der Waals surface area contributed by atoms with Gasteiger partial charge in [-0.3, -0.25) is 14.9 Å². The maximum atomic E-state index is 12.1. The lowest BCUT2D eigenvalue weighted by molar-refractivity contribution is -0.384. The molecule has 0 aliphatic heterocycles. The summed E-state index contributed by atoms with van der Waals surface area (Å²) in [7, 11) is 0. The van der Waals surface area contributed by atoms with Crippen LogP contribution >= 0.6 is 0 Å². The molecule has 2 rings (SSSR count). The van der Waals surface area contributed by atoms with E-state index < -0.39 is 4.92 Å². The number of nitrogens with zero attached hydrogens (tertiary/aromatic N) is 3. The number of nitrogens with one attached hydrogen (secondary N) is 1. The van der Waals surface area contributed by atoms with Crippen molar-refractivity contribution < 1.29 is 4.92 Å². The molecule has 1 N–H and O–H groups in total. The number of nitro groups is 1. The minimum absolute atomic E-state index is 0.0266. The molecule has 0 saturated carbocycles.